The van der Waals surface area contributed by atoms with Crippen molar-refractivity contribution in [2.75, 3.05) is 25.9 Å². The van der Waals surface area contributed by atoms with Gasteiger partial charge in [-0.1, -0.05) is 17.7 Å². The topological polar surface area (TPSA) is 75.4 Å². The fourth-order valence-corrected chi connectivity index (χ4v) is 3.35. The van der Waals surface area contributed by atoms with Gasteiger partial charge >= 0.3 is 0 Å². The first-order chi connectivity index (χ1) is 11.9. The van der Waals surface area contributed by atoms with E-state index in [0.29, 0.717) is 24.2 Å². The van der Waals surface area contributed by atoms with Crippen LogP contribution in [0, 0.1) is 13.8 Å². The minimum atomic E-state index is 0.119. The standard InChI is InChI=1S/C19H25N5O/c1-13-4-5-16(14(2)10-13)19(25)24-9-7-15(11-24)23(3)12-18-21-8-6-17(20)22-18/h4-6,8,10,15H,7,9,11-12H2,1-3H3,(H2,20,21,22)/t15-/m0/s1. The van der Waals surface area contributed by atoms with Crippen molar-refractivity contribution in [3.63, 3.8) is 0 Å². The van der Waals surface area contributed by atoms with Gasteiger partial charge < -0.3 is 10.6 Å². The number of rotatable bonds is 4. The van der Waals surface area contributed by atoms with Gasteiger partial charge in [-0.05, 0) is 45.0 Å². The number of benzene rings is 1. The van der Waals surface area contributed by atoms with Crippen molar-refractivity contribution < 1.29 is 4.79 Å². The third-order valence-corrected chi connectivity index (χ3v) is 4.80. The van der Waals surface area contributed by atoms with Gasteiger partial charge in [-0.15, -0.1) is 0 Å². The number of hydrogen-bond acceptors (Lipinski definition) is 5. The largest absolute Gasteiger partial charge is 0.384 e. The molecule has 1 saturated heterocycles. The van der Waals surface area contributed by atoms with E-state index in [1.54, 1.807) is 12.3 Å². The Morgan fingerprint density at radius 2 is 2.16 bits per heavy atom. The lowest BCUT2D eigenvalue weighted by Crippen LogP contribution is -2.36. The summed E-state index contributed by atoms with van der Waals surface area (Å²) in [7, 11) is 2.04. The summed E-state index contributed by atoms with van der Waals surface area (Å²) in [5, 5.41) is 0. The van der Waals surface area contributed by atoms with Gasteiger partial charge in [0.15, 0.2) is 0 Å². The maximum Gasteiger partial charge on any atom is 0.254 e. The first kappa shape index (κ1) is 17.4. The lowest BCUT2D eigenvalue weighted by Gasteiger charge is -2.24. The predicted molar refractivity (Wildman–Crippen MR) is 98.1 cm³/mol. The molecule has 1 amide bonds. The van der Waals surface area contributed by atoms with Crippen molar-refractivity contribution in [2.45, 2.75) is 32.9 Å². The number of nitrogen functional groups attached to an aromatic ring is 1. The molecule has 0 saturated carbocycles. The zero-order chi connectivity index (χ0) is 18.0. The number of hydrogen-bond donors (Lipinski definition) is 1. The van der Waals surface area contributed by atoms with Crippen LogP contribution in [0.3, 0.4) is 0 Å². The molecule has 0 spiro atoms. The molecule has 2 heterocycles. The smallest absolute Gasteiger partial charge is 0.254 e. The van der Waals surface area contributed by atoms with Gasteiger partial charge in [0.25, 0.3) is 5.91 Å². The predicted octanol–water partition coefficient (Wildman–Crippen LogP) is 2.02. The fourth-order valence-electron chi connectivity index (χ4n) is 3.35. The summed E-state index contributed by atoms with van der Waals surface area (Å²) in [5.74, 6) is 1.31. The molecule has 1 aromatic carbocycles. The number of aryl methyl sites for hydroxylation is 2. The van der Waals surface area contributed by atoms with Crippen LogP contribution >= 0.6 is 0 Å². The van der Waals surface area contributed by atoms with Gasteiger partial charge in [0.1, 0.15) is 11.6 Å². The van der Waals surface area contributed by atoms with Crippen LogP contribution in [0.25, 0.3) is 0 Å². The van der Waals surface area contributed by atoms with E-state index in [9.17, 15) is 4.79 Å². The maximum absolute atomic E-state index is 12.8. The number of nitrogens with zero attached hydrogens (tertiary/aromatic N) is 4. The zero-order valence-corrected chi connectivity index (χ0v) is 15.1. The Kier molecular flexibility index (Phi) is 4.99. The molecule has 1 aliphatic rings. The molecule has 2 N–H and O–H groups in total. The third kappa shape index (κ3) is 3.96. The van der Waals surface area contributed by atoms with E-state index in [1.807, 2.05) is 37.9 Å². The molecule has 0 unspecified atom stereocenters. The molecular weight excluding hydrogens is 314 g/mol. The van der Waals surface area contributed by atoms with Crippen LogP contribution in [0.5, 0.6) is 0 Å². The maximum atomic E-state index is 12.8. The Balaban J connectivity index is 1.63. The molecule has 3 rings (SSSR count). The summed E-state index contributed by atoms with van der Waals surface area (Å²) in [6, 6.07) is 7.98. The molecule has 0 aliphatic carbocycles. The highest BCUT2D eigenvalue weighted by atomic mass is 16.2. The zero-order valence-electron chi connectivity index (χ0n) is 15.1. The van der Waals surface area contributed by atoms with Gasteiger partial charge in [0.2, 0.25) is 0 Å². The summed E-state index contributed by atoms with van der Waals surface area (Å²) in [5.41, 5.74) is 8.73. The van der Waals surface area contributed by atoms with Crippen molar-refractivity contribution in [3.8, 4) is 0 Å². The first-order valence-electron chi connectivity index (χ1n) is 8.58. The second-order valence-corrected chi connectivity index (χ2v) is 6.82. The Morgan fingerprint density at radius 1 is 1.36 bits per heavy atom. The van der Waals surface area contributed by atoms with Gasteiger partial charge in [-0.25, -0.2) is 9.97 Å². The minimum absolute atomic E-state index is 0.119. The summed E-state index contributed by atoms with van der Waals surface area (Å²) in [6.07, 6.45) is 2.63. The van der Waals surface area contributed by atoms with Crippen molar-refractivity contribution in [1.82, 2.24) is 19.8 Å². The van der Waals surface area contributed by atoms with Crippen LogP contribution in [-0.4, -0.2) is 51.9 Å². The molecule has 6 nitrogen and oxygen atoms in total. The molecule has 1 aliphatic heterocycles. The van der Waals surface area contributed by atoms with Crippen molar-refractivity contribution in [2.24, 2.45) is 0 Å². The number of amides is 1. The molecule has 0 bridgehead atoms. The summed E-state index contributed by atoms with van der Waals surface area (Å²) in [6.45, 7) is 6.17. The molecule has 1 atom stereocenters. The average Bonchev–Trinajstić information content (AvgIpc) is 3.04. The summed E-state index contributed by atoms with van der Waals surface area (Å²) in [4.78, 5) is 25.5. The highest BCUT2D eigenvalue weighted by Gasteiger charge is 2.30. The highest BCUT2D eigenvalue weighted by Crippen LogP contribution is 2.20. The Labute approximate surface area is 148 Å². The van der Waals surface area contributed by atoms with Crippen LogP contribution in [0.15, 0.2) is 30.5 Å². The van der Waals surface area contributed by atoms with E-state index in [4.69, 9.17) is 5.73 Å². The van der Waals surface area contributed by atoms with Crippen molar-refractivity contribution in [1.29, 1.82) is 0 Å². The first-order valence-corrected chi connectivity index (χ1v) is 8.58. The third-order valence-electron chi connectivity index (χ3n) is 4.80. The Morgan fingerprint density at radius 3 is 2.88 bits per heavy atom. The summed E-state index contributed by atoms with van der Waals surface area (Å²) < 4.78 is 0. The van der Waals surface area contributed by atoms with Gasteiger partial charge in [0.05, 0.1) is 6.54 Å². The van der Waals surface area contributed by atoms with Crippen molar-refractivity contribution in [3.05, 3.63) is 53.0 Å². The second-order valence-electron chi connectivity index (χ2n) is 6.82. The number of carbonyl (C=O) groups is 1. The molecule has 2 aromatic rings. The van der Waals surface area contributed by atoms with E-state index in [2.05, 4.69) is 20.9 Å². The van der Waals surface area contributed by atoms with Crippen LogP contribution in [0.2, 0.25) is 0 Å². The molecular formula is C19H25N5O. The monoisotopic (exact) mass is 339 g/mol. The number of anilines is 1. The number of nitrogens with two attached hydrogens (primary N) is 1. The highest BCUT2D eigenvalue weighted by molar-refractivity contribution is 5.95. The van der Waals surface area contributed by atoms with Crippen LogP contribution in [-0.2, 0) is 6.54 Å². The van der Waals surface area contributed by atoms with E-state index in [-0.39, 0.29) is 5.91 Å². The van der Waals surface area contributed by atoms with E-state index in [1.165, 1.54) is 5.56 Å². The second kappa shape index (κ2) is 7.19. The Bertz CT molecular complexity index is 776. The van der Waals surface area contributed by atoms with Crippen molar-refractivity contribution >= 4 is 11.7 Å². The molecule has 1 fully saturated rings. The summed E-state index contributed by atoms with van der Waals surface area (Å²) >= 11 is 0. The average molecular weight is 339 g/mol. The molecule has 6 heteroatoms. The van der Waals surface area contributed by atoms with E-state index >= 15 is 0 Å². The molecule has 1 aromatic heterocycles. The van der Waals surface area contributed by atoms with Crippen LogP contribution < -0.4 is 5.73 Å². The SMILES string of the molecule is Cc1ccc(C(=O)N2CC[C@H](N(C)Cc3nccc(N)n3)C2)c(C)c1. The quantitative estimate of drug-likeness (QED) is 0.922. The normalized spacial score (nSPS) is 17.3. The van der Waals surface area contributed by atoms with Crippen LogP contribution in [0.1, 0.15) is 33.7 Å². The van der Waals surface area contributed by atoms with Crippen LogP contribution in [0.4, 0.5) is 5.82 Å². The number of likely N-dealkylation sites (tertiary alicyclic amines) is 1. The molecule has 25 heavy (non-hydrogen) atoms. The number of carbonyl (C=O) groups excluding carboxylic acids is 1. The fraction of sp³-hybridized carbons (Fsp3) is 0.421. The number of aromatic nitrogens is 2. The minimum Gasteiger partial charge on any atom is -0.384 e. The van der Waals surface area contributed by atoms with Gasteiger partial charge in [0, 0.05) is 30.9 Å². The van der Waals surface area contributed by atoms with E-state index < -0.39 is 0 Å². The molecule has 0 radical (unpaired) electrons. The van der Waals surface area contributed by atoms with Gasteiger partial charge in [-0.2, -0.15) is 0 Å². The molecule has 132 valence electrons. The lowest BCUT2D eigenvalue weighted by molar-refractivity contribution is 0.0778. The lowest BCUT2D eigenvalue weighted by atomic mass is 10.0. The van der Waals surface area contributed by atoms with Gasteiger partial charge in [-0.3, -0.25) is 9.69 Å². The number of likely N-dealkylation sites (N-methyl/N-ethyl adjacent to an activating group) is 1. The van der Waals surface area contributed by atoms with E-state index in [0.717, 1.165) is 30.6 Å². The Hall–Kier alpha value is -2.47.